The van der Waals surface area contributed by atoms with Crippen LogP contribution in [0.3, 0.4) is 0 Å². The van der Waals surface area contributed by atoms with Crippen LogP contribution in [0, 0.1) is 18.7 Å². The zero-order valence-corrected chi connectivity index (χ0v) is 23.6. The molecule has 38 heavy (non-hydrogen) atoms. The fraction of sp³-hybridized carbons (Fsp3) is 0.379. The molecule has 1 saturated heterocycles. The van der Waals surface area contributed by atoms with Crippen LogP contribution in [0.15, 0.2) is 53.0 Å². The molecule has 0 bridgehead atoms. The predicted octanol–water partition coefficient (Wildman–Crippen LogP) is 5.97. The summed E-state index contributed by atoms with van der Waals surface area (Å²) in [6.45, 7) is 9.06. The first-order valence-electron chi connectivity index (χ1n) is 13.1. The lowest BCUT2D eigenvalue weighted by atomic mass is 10.1. The molecule has 7 nitrogen and oxygen atoms in total. The van der Waals surface area contributed by atoms with Crippen molar-refractivity contribution in [2.24, 2.45) is 5.92 Å². The smallest absolute Gasteiger partial charge is 0.255 e. The summed E-state index contributed by atoms with van der Waals surface area (Å²) in [6.07, 6.45) is 2.56. The van der Waals surface area contributed by atoms with Gasteiger partial charge in [-0.2, -0.15) is 5.10 Å². The van der Waals surface area contributed by atoms with Crippen molar-refractivity contribution < 1.29 is 9.18 Å². The molecule has 0 N–H and O–H groups in total. The molecule has 1 fully saturated rings. The molecule has 1 aliphatic rings. The number of aryl methyl sites for hydroxylation is 2. The van der Waals surface area contributed by atoms with Gasteiger partial charge in [0.15, 0.2) is 5.65 Å². The Bertz CT molecular complexity index is 1450. The molecular weight excluding hydrogens is 547 g/mol. The molecular formula is C29H32BrFN6O. The number of amides is 1. The highest BCUT2D eigenvalue weighted by Crippen LogP contribution is 2.30. The number of halogens is 2. The van der Waals surface area contributed by atoms with Gasteiger partial charge in [-0.15, -0.1) is 0 Å². The van der Waals surface area contributed by atoms with Gasteiger partial charge in [-0.3, -0.25) is 4.79 Å². The molecule has 0 spiro atoms. The van der Waals surface area contributed by atoms with Crippen LogP contribution in [0.4, 0.5) is 10.2 Å². The first-order valence-corrected chi connectivity index (χ1v) is 13.9. The number of fused-ring (bicyclic) bond motifs is 1. The molecule has 0 saturated carbocycles. The van der Waals surface area contributed by atoms with Crippen molar-refractivity contribution in [2.45, 2.75) is 40.0 Å². The molecule has 0 atom stereocenters. The predicted molar refractivity (Wildman–Crippen MR) is 151 cm³/mol. The number of benzene rings is 2. The third kappa shape index (κ3) is 5.43. The Balaban J connectivity index is 1.51. The monoisotopic (exact) mass is 578 g/mol. The van der Waals surface area contributed by atoms with Crippen molar-refractivity contribution in [3.63, 3.8) is 0 Å². The topological polar surface area (TPSA) is 67.2 Å². The van der Waals surface area contributed by atoms with Crippen LogP contribution in [0.5, 0.6) is 0 Å². The lowest BCUT2D eigenvalue weighted by molar-refractivity contribution is 0.0766. The van der Waals surface area contributed by atoms with Gasteiger partial charge in [0.05, 0.1) is 22.3 Å². The van der Waals surface area contributed by atoms with E-state index < -0.39 is 0 Å². The Morgan fingerprint density at radius 2 is 1.79 bits per heavy atom. The van der Waals surface area contributed by atoms with Gasteiger partial charge in [-0.1, -0.05) is 26.0 Å². The molecule has 5 rings (SSSR count). The molecule has 3 heterocycles. The highest BCUT2D eigenvalue weighted by atomic mass is 79.9. The van der Waals surface area contributed by atoms with E-state index in [9.17, 15) is 9.18 Å². The fourth-order valence-corrected chi connectivity index (χ4v) is 5.32. The average molecular weight is 580 g/mol. The number of carbonyl (C=O) groups excluding carboxylic acids is 1. The highest BCUT2D eigenvalue weighted by molar-refractivity contribution is 9.10. The average Bonchev–Trinajstić information content (AvgIpc) is 3.07. The number of aromatic nitrogens is 4. The van der Waals surface area contributed by atoms with Gasteiger partial charge < -0.3 is 9.80 Å². The maximum Gasteiger partial charge on any atom is 0.255 e. The van der Waals surface area contributed by atoms with Crippen LogP contribution < -0.4 is 4.90 Å². The first kappa shape index (κ1) is 26.3. The minimum atomic E-state index is -0.291. The summed E-state index contributed by atoms with van der Waals surface area (Å²) in [5.74, 6) is 1.90. The van der Waals surface area contributed by atoms with E-state index in [0.29, 0.717) is 31.1 Å². The highest BCUT2D eigenvalue weighted by Gasteiger charge is 2.26. The number of anilines is 1. The minimum Gasteiger partial charge on any atom is -0.354 e. The lowest BCUT2D eigenvalue weighted by Crippen LogP contribution is -2.35. The molecule has 0 radical (unpaired) electrons. The van der Waals surface area contributed by atoms with E-state index in [1.807, 2.05) is 36.1 Å². The third-order valence-electron chi connectivity index (χ3n) is 6.93. The largest absolute Gasteiger partial charge is 0.354 e. The van der Waals surface area contributed by atoms with Crippen molar-refractivity contribution in [1.82, 2.24) is 24.6 Å². The van der Waals surface area contributed by atoms with Gasteiger partial charge in [0, 0.05) is 37.1 Å². The Kier molecular flexibility index (Phi) is 7.74. The molecule has 0 aliphatic carbocycles. The van der Waals surface area contributed by atoms with Gasteiger partial charge >= 0.3 is 0 Å². The number of hydrogen-bond donors (Lipinski definition) is 0. The summed E-state index contributed by atoms with van der Waals surface area (Å²) in [4.78, 5) is 27.5. The van der Waals surface area contributed by atoms with Gasteiger partial charge in [-0.25, -0.2) is 19.0 Å². The summed E-state index contributed by atoms with van der Waals surface area (Å²) in [5.41, 5.74) is 2.98. The number of nitrogens with zero attached hydrogens (tertiary/aromatic N) is 6. The Hall–Kier alpha value is -3.33. The van der Waals surface area contributed by atoms with Crippen molar-refractivity contribution in [3.8, 4) is 5.69 Å². The fourth-order valence-electron chi connectivity index (χ4n) is 4.86. The quantitative estimate of drug-likeness (QED) is 0.282. The summed E-state index contributed by atoms with van der Waals surface area (Å²) >= 11 is 3.52. The minimum absolute atomic E-state index is 0.0325. The van der Waals surface area contributed by atoms with Crippen molar-refractivity contribution in [2.75, 3.05) is 31.1 Å². The van der Waals surface area contributed by atoms with Gasteiger partial charge in [0.1, 0.15) is 17.5 Å². The zero-order chi connectivity index (χ0) is 26.8. The third-order valence-corrected chi connectivity index (χ3v) is 7.62. The van der Waals surface area contributed by atoms with Crippen molar-refractivity contribution >= 4 is 38.7 Å². The van der Waals surface area contributed by atoms with Crippen LogP contribution in [-0.4, -0.2) is 56.7 Å². The second kappa shape index (κ2) is 11.2. The van der Waals surface area contributed by atoms with Crippen LogP contribution >= 0.6 is 15.9 Å². The van der Waals surface area contributed by atoms with Gasteiger partial charge in [0.25, 0.3) is 5.91 Å². The molecule has 1 aliphatic heterocycles. The van der Waals surface area contributed by atoms with E-state index >= 15 is 0 Å². The van der Waals surface area contributed by atoms with E-state index in [2.05, 4.69) is 34.7 Å². The molecule has 198 valence electrons. The SMILES string of the molecule is Cc1nn(-c2ccc(F)cc2)c2nc(CCC(C)C)nc(N3CCCN(C(=O)c4ccccc4Br)CC3)c12. The molecule has 0 unspecified atom stereocenters. The molecule has 9 heteroatoms. The van der Waals surface area contributed by atoms with Crippen molar-refractivity contribution in [3.05, 3.63) is 75.9 Å². The van der Waals surface area contributed by atoms with E-state index in [1.165, 1.54) is 12.1 Å². The van der Waals surface area contributed by atoms with E-state index in [1.54, 1.807) is 16.8 Å². The van der Waals surface area contributed by atoms with Gasteiger partial charge in [-0.05, 0) is 78.0 Å². The number of carbonyl (C=O) groups is 1. The Labute approximate surface area is 230 Å². The lowest BCUT2D eigenvalue weighted by Gasteiger charge is -2.24. The summed E-state index contributed by atoms with van der Waals surface area (Å²) in [6, 6.07) is 13.9. The Morgan fingerprint density at radius 1 is 1.03 bits per heavy atom. The van der Waals surface area contributed by atoms with Crippen LogP contribution in [0.1, 0.15) is 48.6 Å². The van der Waals surface area contributed by atoms with E-state index in [0.717, 1.165) is 64.3 Å². The first-order chi connectivity index (χ1) is 18.3. The number of hydrogen-bond acceptors (Lipinski definition) is 5. The summed E-state index contributed by atoms with van der Waals surface area (Å²) in [7, 11) is 0. The summed E-state index contributed by atoms with van der Waals surface area (Å²) < 4.78 is 16.2. The zero-order valence-electron chi connectivity index (χ0n) is 22.0. The van der Waals surface area contributed by atoms with E-state index in [-0.39, 0.29) is 11.7 Å². The molecule has 2 aromatic heterocycles. The van der Waals surface area contributed by atoms with Crippen molar-refractivity contribution in [1.29, 1.82) is 0 Å². The van der Waals surface area contributed by atoms with Crippen LogP contribution in [0.2, 0.25) is 0 Å². The standard InChI is InChI=1S/C29H32BrFN6O/c1-19(2)9-14-25-32-27(26-20(3)34-37(28(26)33-25)22-12-10-21(31)11-13-22)35-15-6-16-36(18-17-35)29(38)23-7-4-5-8-24(23)30/h4-5,7-8,10-13,19H,6,9,14-18H2,1-3H3. The number of rotatable bonds is 6. The molecule has 4 aromatic rings. The molecule has 1 amide bonds. The van der Waals surface area contributed by atoms with Crippen LogP contribution in [-0.2, 0) is 6.42 Å². The second-order valence-electron chi connectivity index (χ2n) is 10.2. The van der Waals surface area contributed by atoms with E-state index in [4.69, 9.17) is 15.1 Å². The maximum absolute atomic E-state index is 13.6. The Morgan fingerprint density at radius 3 is 2.53 bits per heavy atom. The van der Waals surface area contributed by atoms with Gasteiger partial charge in [0.2, 0.25) is 0 Å². The normalized spacial score (nSPS) is 14.4. The maximum atomic E-state index is 13.6. The molecule has 2 aromatic carbocycles. The second-order valence-corrected chi connectivity index (χ2v) is 11.0. The summed E-state index contributed by atoms with van der Waals surface area (Å²) in [5, 5.41) is 5.69. The van der Waals surface area contributed by atoms with Crippen LogP contribution in [0.25, 0.3) is 16.7 Å².